The number of carbonyl (C=O) groups excluding carboxylic acids is 1. The maximum absolute atomic E-state index is 13.0. The van der Waals surface area contributed by atoms with Crippen LogP contribution in [0.4, 0.5) is 23.8 Å². The molecule has 1 N–H and O–H groups in total. The van der Waals surface area contributed by atoms with Gasteiger partial charge in [0.1, 0.15) is 10.6 Å². The molecule has 0 aliphatic heterocycles. The predicted molar refractivity (Wildman–Crippen MR) is 90.3 cm³/mol. The number of ether oxygens (including phenoxy) is 1. The fourth-order valence-electron chi connectivity index (χ4n) is 1.68. The molecule has 2 heterocycles. The standard InChI is InChI=1S/C15H14ClF3N4O2S/c1-14(2,3)25-13(24)23-12-11(16)22-9(7-21-12)26-8-5-4-6-20-10(8)15(17,18)19/h4-7H,1-3H3,(H,21,23,24). The molecule has 0 aliphatic carbocycles. The topological polar surface area (TPSA) is 77.0 Å². The molecule has 11 heteroatoms. The Morgan fingerprint density at radius 2 is 1.96 bits per heavy atom. The fourth-order valence-corrected chi connectivity index (χ4v) is 2.80. The lowest BCUT2D eigenvalue weighted by Gasteiger charge is -2.19. The summed E-state index contributed by atoms with van der Waals surface area (Å²) >= 11 is 6.65. The van der Waals surface area contributed by atoms with Crippen molar-refractivity contribution in [3.05, 3.63) is 35.4 Å². The van der Waals surface area contributed by atoms with E-state index in [1.807, 2.05) is 0 Å². The highest BCUT2D eigenvalue weighted by Crippen LogP contribution is 2.37. The van der Waals surface area contributed by atoms with E-state index in [1.165, 1.54) is 18.3 Å². The minimum atomic E-state index is -4.60. The fraction of sp³-hybridized carbons (Fsp3) is 0.333. The summed E-state index contributed by atoms with van der Waals surface area (Å²) in [6.07, 6.45) is -3.13. The Balaban J connectivity index is 2.17. The Labute approximate surface area is 156 Å². The van der Waals surface area contributed by atoms with Crippen LogP contribution in [-0.4, -0.2) is 26.6 Å². The van der Waals surface area contributed by atoms with Crippen LogP contribution in [0.3, 0.4) is 0 Å². The third kappa shape index (κ3) is 5.73. The number of hydrogen-bond donors (Lipinski definition) is 1. The van der Waals surface area contributed by atoms with Crippen molar-refractivity contribution in [3.63, 3.8) is 0 Å². The third-order valence-corrected chi connectivity index (χ3v) is 3.80. The minimum absolute atomic E-state index is 0.0625. The number of carbonyl (C=O) groups is 1. The van der Waals surface area contributed by atoms with E-state index in [9.17, 15) is 18.0 Å². The normalized spacial score (nSPS) is 12.0. The van der Waals surface area contributed by atoms with Gasteiger partial charge in [0.25, 0.3) is 0 Å². The second kappa shape index (κ2) is 7.67. The molecule has 0 fully saturated rings. The van der Waals surface area contributed by atoms with E-state index in [1.54, 1.807) is 20.8 Å². The Hall–Kier alpha value is -2.07. The van der Waals surface area contributed by atoms with Crippen molar-refractivity contribution in [1.82, 2.24) is 15.0 Å². The van der Waals surface area contributed by atoms with Crippen LogP contribution in [-0.2, 0) is 10.9 Å². The van der Waals surface area contributed by atoms with Crippen molar-refractivity contribution < 1.29 is 22.7 Å². The zero-order valence-electron chi connectivity index (χ0n) is 13.9. The van der Waals surface area contributed by atoms with Crippen LogP contribution >= 0.6 is 23.4 Å². The van der Waals surface area contributed by atoms with Gasteiger partial charge in [-0.25, -0.2) is 14.8 Å². The van der Waals surface area contributed by atoms with Gasteiger partial charge in [-0.3, -0.25) is 10.3 Å². The van der Waals surface area contributed by atoms with Crippen LogP contribution in [0.2, 0.25) is 5.15 Å². The van der Waals surface area contributed by atoms with Gasteiger partial charge >= 0.3 is 12.3 Å². The Bertz CT molecular complexity index is 812. The van der Waals surface area contributed by atoms with Crippen molar-refractivity contribution in [2.75, 3.05) is 5.32 Å². The number of alkyl halides is 3. The van der Waals surface area contributed by atoms with Crippen molar-refractivity contribution >= 4 is 35.3 Å². The van der Waals surface area contributed by atoms with Gasteiger partial charge in [-0.15, -0.1) is 0 Å². The summed E-state index contributed by atoms with van der Waals surface area (Å²) in [6, 6.07) is 2.65. The molecule has 0 unspecified atom stereocenters. The number of nitrogens with one attached hydrogen (secondary N) is 1. The molecule has 0 aromatic carbocycles. The number of hydrogen-bond acceptors (Lipinski definition) is 6. The van der Waals surface area contributed by atoms with Crippen molar-refractivity contribution in [3.8, 4) is 0 Å². The first-order valence-electron chi connectivity index (χ1n) is 7.18. The van der Waals surface area contributed by atoms with E-state index in [2.05, 4.69) is 20.3 Å². The molecule has 26 heavy (non-hydrogen) atoms. The quantitative estimate of drug-likeness (QED) is 0.769. The van der Waals surface area contributed by atoms with Crippen LogP contribution in [0.15, 0.2) is 34.4 Å². The predicted octanol–water partition coefficient (Wildman–Crippen LogP) is 5.04. The lowest BCUT2D eigenvalue weighted by molar-refractivity contribution is -0.143. The van der Waals surface area contributed by atoms with E-state index in [0.717, 1.165) is 6.20 Å². The number of halogens is 4. The van der Waals surface area contributed by atoms with E-state index in [-0.39, 0.29) is 20.9 Å². The van der Waals surface area contributed by atoms with Crippen LogP contribution in [0.25, 0.3) is 0 Å². The number of nitrogens with zero attached hydrogens (tertiary/aromatic N) is 3. The molecule has 2 aromatic heterocycles. The highest BCUT2D eigenvalue weighted by Gasteiger charge is 2.35. The maximum Gasteiger partial charge on any atom is 0.434 e. The highest BCUT2D eigenvalue weighted by atomic mass is 35.5. The molecule has 0 radical (unpaired) electrons. The minimum Gasteiger partial charge on any atom is -0.444 e. The molecule has 0 saturated carbocycles. The smallest absolute Gasteiger partial charge is 0.434 e. The second-order valence-corrected chi connectivity index (χ2v) is 7.34. The van der Waals surface area contributed by atoms with E-state index in [0.29, 0.717) is 11.8 Å². The summed E-state index contributed by atoms with van der Waals surface area (Å²) in [5, 5.41) is 2.26. The summed E-state index contributed by atoms with van der Waals surface area (Å²) in [4.78, 5) is 22.8. The van der Waals surface area contributed by atoms with Crippen molar-refractivity contribution in [2.45, 2.75) is 42.5 Å². The van der Waals surface area contributed by atoms with Crippen LogP contribution in [0.5, 0.6) is 0 Å². The van der Waals surface area contributed by atoms with Crippen LogP contribution in [0.1, 0.15) is 26.5 Å². The number of amides is 1. The molecule has 0 spiro atoms. The van der Waals surface area contributed by atoms with Crippen molar-refractivity contribution in [1.29, 1.82) is 0 Å². The van der Waals surface area contributed by atoms with E-state index in [4.69, 9.17) is 16.3 Å². The number of pyridine rings is 1. The first-order chi connectivity index (χ1) is 12.0. The van der Waals surface area contributed by atoms with Gasteiger partial charge in [-0.2, -0.15) is 13.2 Å². The summed E-state index contributed by atoms with van der Waals surface area (Å²) < 4.78 is 44.0. The number of rotatable bonds is 3. The summed E-state index contributed by atoms with van der Waals surface area (Å²) in [7, 11) is 0. The highest BCUT2D eigenvalue weighted by molar-refractivity contribution is 7.99. The second-order valence-electron chi connectivity index (χ2n) is 5.92. The monoisotopic (exact) mass is 406 g/mol. The van der Waals surface area contributed by atoms with Gasteiger partial charge in [0, 0.05) is 11.1 Å². The summed E-state index contributed by atoms with van der Waals surface area (Å²) in [5.41, 5.74) is -1.74. The molecule has 0 atom stereocenters. The largest absolute Gasteiger partial charge is 0.444 e. The summed E-state index contributed by atoms with van der Waals surface area (Å²) in [5.74, 6) is -0.0625. The lowest BCUT2D eigenvalue weighted by atomic mass is 10.2. The molecule has 0 saturated heterocycles. The lowest BCUT2D eigenvalue weighted by Crippen LogP contribution is -2.27. The summed E-state index contributed by atoms with van der Waals surface area (Å²) in [6.45, 7) is 5.06. The number of aromatic nitrogens is 3. The SMILES string of the molecule is CC(C)(C)OC(=O)Nc1ncc(Sc2cccnc2C(F)(F)F)nc1Cl. The van der Waals surface area contributed by atoms with Gasteiger partial charge in [0.2, 0.25) is 0 Å². The third-order valence-electron chi connectivity index (χ3n) is 2.58. The number of anilines is 1. The van der Waals surface area contributed by atoms with Crippen LogP contribution in [0, 0.1) is 0 Å². The Kier molecular flexibility index (Phi) is 5.97. The molecule has 0 bridgehead atoms. The molecule has 6 nitrogen and oxygen atoms in total. The average molecular weight is 407 g/mol. The molecule has 2 aromatic rings. The molecule has 2 rings (SSSR count). The van der Waals surface area contributed by atoms with Gasteiger partial charge in [0.15, 0.2) is 16.7 Å². The average Bonchev–Trinajstić information content (AvgIpc) is 2.47. The molecular weight excluding hydrogens is 393 g/mol. The Morgan fingerprint density at radius 3 is 2.54 bits per heavy atom. The maximum atomic E-state index is 13.0. The van der Waals surface area contributed by atoms with Gasteiger partial charge < -0.3 is 4.74 Å². The van der Waals surface area contributed by atoms with Gasteiger partial charge in [-0.05, 0) is 32.9 Å². The van der Waals surface area contributed by atoms with Crippen molar-refractivity contribution in [2.24, 2.45) is 0 Å². The zero-order chi connectivity index (χ0) is 19.5. The molecule has 140 valence electrons. The molecule has 1 amide bonds. The Morgan fingerprint density at radius 1 is 1.27 bits per heavy atom. The van der Waals surface area contributed by atoms with E-state index < -0.39 is 23.6 Å². The van der Waals surface area contributed by atoms with Gasteiger partial charge in [-0.1, -0.05) is 23.4 Å². The first kappa shape index (κ1) is 20.2. The van der Waals surface area contributed by atoms with E-state index >= 15 is 0 Å². The zero-order valence-corrected chi connectivity index (χ0v) is 15.5. The first-order valence-corrected chi connectivity index (χ1v) is 8.38. The molecule has 0 aliphatic rings. The molecular formula is C15H14ClF3N4O2S. The van der Waals surface area contributed by atoms with Crippen LogP contribution < -0.4 is 5.32 Å². The van der Waals surface area contributed by atoms with Gasteiger partial charge in [0.05, 0.1) is 6.20 Å².